The van der Waals surface area contributed by atoms with E-state index < -0.39 is 17.3 Å². The molecule has 12 nitrogen and oxygen atoms in total. The minimum atomic E-state index is -0.946. The normalized spacial score (nSPS) is 13.5. The second-order valence-corrected chi connectivity index (χ2v) is 9.44. The molecule has 2 N–H and O–H groups in total. The summed E-state index contributed by atoms with van der Waals surface area (Å²) in [5, 5.41) is 5.84. The average molecular weight is 578 g/mol. The number of rotatable bonds is 9. The lowest BCUT2D eigenvalue weighted by molar-refractivity contribution is -0.130. The fourth-order valence-electron chi connectivity index (χ4n) is 4.51. The number of halogens is 2. The summed E-state index contributed by atoms with van der Waals surface area (Å²) in [7, 11) is 2.54. The minimum Gasteiger partial charge on any atom is -0.493 e. The molecule has 1 aliphatic rings. The lowest BCUT2D eigenvalue weighted by Gasteiger charge is -2.34. The monoisotopic (exact) mass is 577 g/mol. The van der Waals surface area contributed by atoms with Crippen molar-refractivity contribution >= 4 is 29.0 Å². The van der Waals surface area contributed by atoms with E-state index in [4.69, 9.17) is 9.47 Å². The Morgan fingerprint density at radius 1 is 0.881 bits per heavy atom. The van der Waals surface area contributed by atoms with Gasteiger partial charge in [0.15, 0.2) is 23.1 Å². The second kappa shape index (κ2) is 12.7. The number of ether oxygens (including phenoxy) is 2. The number of piperazine rings is 1. The van der Waals surface area contributed by atoms with Crippen LogP contribution in [0.1, 0.15) is 12.5 Å². The first-order chi connectivity index (χ1) is 20.4. The van der Waals surface area contributed by atoms with Gasteiger partial charge in [-0.3, -0.25) is 9.69 Å². The highest BCUT2D eigenvalue weighted by atomic mass is 19.1. The van der Waals surface area contributed by atoms with Gasteiger partial charge in [-0.05, 0) is 11.6 Å². The number of amides is 1. The topological polar surface area (TPSA) is 131 Å². The van der Waals surface area contributed by atoms with E-state index in [1.807, 2.05) is 17.0 Å². The second-order valence-electron chi connectivity index (χ2n) is 9.44. The number of carbonyl (C=O) groups is 1. The first kappa shape index (κ1) is 28.5. The van der Waals surface area contributed by atoms with E-state index in [1.54, 1.807) is 19.2 Å². The number of methoxy groups -OCH3 is 2. The van der Waals surface area contributed by atoms with Gasteiger partial charge >= 0.3 is 0 Å². The number of carbonyl (C=O) groups excluding carboxylic acids is 1. The molecule has 0 spiro atoms. The largest absolute Gasteiger partial charge is 0.493 e. The summed E-state index contributed by atoms with van der Waals surface area (Å²) in [5.41, 5.74) is 1.32. The molecular weight excluding hydrogens is 548 g/mol. The Morgan fingerprint density at radius 2 is 1.62 bits per heavy atom. The SMILES string of the molecule is COc1cc(OC)c(F)c(Nc2ncncc2-c2cc(Nc3ccc(CN4CCN(C(C)=O)CC4)cn3)ncn2)c1F. The molecule has 1 amide bonds. The van der Waals surface area contributed by atoms with Crippen LogP contribution in [-0.4, -0.2) is 81.0 Å². The van der Waals surface area contributed by atoms with Gasteiger partial charge in [-0.15, -0.1) is 0 Å². The maximum Gasteiger partial charge on any atom is 0.219 e. The Labute approximate surface area is 240 Å². The van der Waals surface area contributed by atoms with Crippen LogP contribution in [0.2, 0.25) is 0 Å². The van der Waals surface area contributed by atoms with Gasteiger partial charge in [0.1, 0.15) is 35.8 Å². The van der Waals surface area contributed by atoms with Crippen molar-refractivity contribution < 1.29 is 23.0 Å². The van der Waals surface area contributed by atoms with E-state index in [0.29, 0.717) is 22.9 Å². The summed E-state index contributed by atoms with van der Waals surface area (Å²) in [6.07, 6.45) is 5.85. The molecule has 5 rings (SSSR count). The zero-order valence-electron chi connectivity index (χ0n) is 23.3. The Hall–Kier alpha value is -4.98. The van der Waals surface area contributed by atoms with Gasteiger partial charge in [0.05, 0.1) is 25.5 Å². The summed E-state index contributed by atoms with van der Waals surface area (Å²) in [6.45, 7) is 5.40. The van der Waals surface area contributed by atoms with Crippen LogP contribution in [0.5, 0.6) is 11.5 Å². The van der Waals surface area contributed by atoms with Crippen molar-refractivity contribution in [1.29, 1.82) is 0 Å². The first-order valence-corrected chi connectivity index (χ1v) is 13.1. The highest BCUT2D eigenvalue weighted by Crippen LogP contribution is 2.37. The molecule has 0 unspecified atom stereocenters. The number of nitrogens with one attached hydrogen (secondary N) is 2. The Balaban J connectivity index is 1.31. The lowest BCUT2D eigenvalue weighted by atomic mass is 10.2. The maximum absolute atomic E-state index is 15.0. The van der Waals surface area contributed by atoms with Gasteiger partial charge in [-0.25, -0.2) is 33.7 Å². The summed E-state index contributed by atoms with van der Waals surface area (Å²) in [5.74, 6) is -1.07. The van der Waals surface area contributed by atoms with E-state index in [0.717, 1.165) is 44.4 Å². The molecule has 14 heteroatoms. The Kier molecular flexibility index (Phi) is 8.62. The van der Waals surface area contributed by atoms with Crippen LogP contribution in [-0.2, 0) is 11.3 Å². The molecule has 1 fully saturated rings. The van der Waals surface area contributed by atoms with Gasteiger partial charge in [-0.1, -0.05) is 6.07 Å². The van der Waals surface area contributed by atoms with E-state index in [-0.39, 0.29) is 23.2 Å². The Morgan fingerprint density at radius 3 is 2.26 bits per heavy atom. The zero-order chi connectivity index (χ0) is 29.6. The number of nitrogens with zero attached hydrogens (tertiary/aromatic N) is 7. The van der Waals surface area contributed by atoms with Crippen molar-refractivity contribution in [2.24, 2.45) is 0 Å². The molecule has 0 saturated carbocycles. The number of pyridine rings is 1. The van der Waals surface area contributed by atoms with E-state index in [9.17, 15) is 13.6 Å². The minimum absolute atomic E-state index is 0.104. The van der Waals surface area contributed by atoms with Crippen LogP contribution >= 0.6 is 0 Å². The highest BCUT2D eigenvalue weighted by molar-refractivity contribution is 5.78. The molecule has 0 atom stereocenters. The predicted octanol–water partition coefficient (Wildman–Crippen LogP) is 3.78. The third kappa shape index (κ3) is 6.33. The van der Waals surface area contributed by atoms with Crippen molar-refractivity contribution in [1.82, 2.24) is 34.7 Å². The van der Waals surface area contributed by atoms with E-state index in [1.165, 1.54) is 33.1 Å². The molecule has 0 aliphatic carbocycles. The summed E-state index contributed by atoms with van der Waals surface area (Å²) in [6, 6.07) is 6.60. The van der Waals surface area contributed by atoms with Gasteiger partial charge in [0.25, 0.3) is 0 Å². The van der Waals surface area contributed by atoms with Crippen LogP contribution < -0.4 is 20.1 Å². The zero-order valence-corrected chi connectivity index (χ0v) is 23.3. The predicted molar refractivity (Wildman–Crippen MR) is 151 cm³/mol. The van der Waals surface area contributed by atoms with Crippen molar-refractivity contribution in [2.45, 2.75) is 13.5 Å². The van der Waals surface area contributed by atoms with Crippen molar-refractivity contribution in [2.75, 3.05) is 51.0 Å². The first-order valence-electron chi connectivity index (χ1n) is 13.1. The summed E-state index contributed by atoms with van der Waals surface area (Å²) < 4.78 is 40.0. The molecule has 1 saturated heterocycles. The fraction of sp³-hybridized carbons (Fsp3) is 0.286. The van der Waals surface area contributed by atoms with E-state index in [2.05, 4.69) is 40.5 Å². The molecule has 1 aliphatic heterocycles. The van der Waals surface area contributed by atoms with Crippen molar-refractivity contribution in [3.8, 4) is 22.8 Å². The van der Waals surface area contributed by atoms with Gasteiger partial charge in [-0.2, -0.15) is 0 Å². The van der Waals surface area contributed by atoms with E-state index >= 15 is 0 Å². The molecular formula is C28H29F2N9O3. The number of hydrogen-bond acceptors (Lipinski definition) is 11. The molecule has 218 valence electrons. The smallest absolute Gasteiger partial charge is 0.219 e. The van der Waals surface area contributed by atoms with Gasteiger partial charge < -0.3 is 25.0 Å². The van der Waals surface area contributed by atoms with Crippen LogP contribution in [0.3, 0.4) is 0 Å². The molecule has 4 heterocycles. The standard InChI is InChI=1S/C28H29F2N9O3/c1-17(40)39-8-6-38(7-9-39)14-18-4-5-23(32-12-18)36-24-10-20(33-16-34-24)19-13-31-15-35-28(19)37-27-25(29)21(41-2)11-22(42-3)26(27)30/h4-5,10-13,15-16H,6-9,14H2,1-3H3,(H,31,35,37)(H,32,33,34,36). The lowest BCUT2D eigenvalue weighted by Crippen LogP contribution is -2.47. The van der Waals surface area contributed by atoms with Crippen LogP contribution in [0, 0.1) is 11.6 Å². The molecule has 1 aromatic carbocycles. The molecule has 0 bridgehead atoms. The number of benzene rings is 1. The third-order valence-electron chi connectivity index (χ3n) is 6.78. The van der Waals surface area contributed by atoms with Gasteiger partial charge in [0.2, 0.25) is 5.91 Å². The molecule has 3 aromatic heterocycles. The summed E-state index contributed by atoms with van der Waals surface area (Å²) >= 11 is 0. The maximum atomic E-state index is 15.0. The van der Waals surface area contributed by atoms with Crippen LogP contribution in [0.15, 0.2) is 49.3 Å². The average Bonchev–Trinajstić information content (AvgIpc) is 3.01. The molecule has 42 heavy (non-hydrogen) atoms. The third-order valence-corrected chi connectivity index (χ3v) is 6.78. The number of anilines is 4. The van der Waals surface area contributed by atoms with Crippen molar-refractivity contribution in [3.63, 3.8) is 0 Å². The Bertz CT molecular complexity index is 1540. The van der Waals surface area contributed by atoms with Crippen LogP contribution in [0.4, 0.5) is 31.9 Å². The fourth-order valence-corrected chi connectivity index (χ4v) is 4.51. The van der Waals surface area contributed by atoms with Gasteiger partial charge in [0, 0.05) is 64.2 Å². The number of aromatic nitrogens is 5. The quantitative estimate of drug-likeness (QED) is 0.301. The van der Waals surface area contributed by atoms with Crippen LogP contribution in [0.25, 0.3) is 11.3 Å². The molecule has 0 radical (unpaired) electrons. The highest BCUT2D eigenvalue weighted by Gasteiger charge is 2.22. The number of hydrogen-bond donors (Lipinski definition) is 2. The van der Waals surface area contributed by atoms with Crippen molar-refractivity contribution in [3.05, 3.63) is 66.5 Å². The molecule has 4 aromatic rings. The summed E-state index contributed by atoms with van der Waals surface area (Å²) in [4.78, 5) is 37.0.